The predicted molar refractivity (Wildman–Crippen MR) is 62.8 cm³/mol. The normalized spacial score (nSPS) is 13.0. The standard InChI is InChI=1S/C8H8BrN3S2/c1-10-8(7-2-11-14-12-7)5-3-13-4-6(5)9/h2-4,8,10H,1H3. The molecule has 0 aliphatic carbocycles. The van der Waals surface area contributed by atoms with Crippen LogP contribution in [0.25, 0.3) is 0 Å². The van der Waals surface area contributed by atoms with Crippen LogP contribution in [-0.4, -0.2) is 15.8 Å². The average Bonchev–Trinajstić information content (AvgIpc) is 2.80. The van der Waals surface area contributed by atoms with Crippen LogP contribution in [0.2, 0.25) is 0 Å². The number of aromatic nitrogens is 2. The summed E-state index contributed by atoms with van der Waals surface area (Å²) in [5, 5.41) is 7.41. The maximum atomic E-state index is 4.24. The van der Waals surface area contributed by atoms with E-state index >= 15 is 0 Å². The summed E-state index contributed by atoms with van der Waals surface area (Å²) >= 11 is 6.43. The maximum Gasteiger partial charge on any atom is 0.0958 e. The summed E-state index contributed by atoms with van der Waals surface area (Å²) < 4.78 is 9.37. The maximum absolute atomic E-state index is 4.24. The Morgan fingerprint density at radius 1 is 1.50 bits per heavy atom. The quantitative estimate of drug-likeness (QED) is 0.944. The zero-order valence-electron chi connectivity index (χ0n) is 7.40. The summed E-state index contributed by atoms with van der Waals surface area (Å²) in [5.41, 5.74) is 2.18. The first kappa shape index (κ1) is 10.2. The topological polar surface area (TPSA) is 37.8 Å². The SMILES string of the molecule is CNC(c1cnsn1)c1cscc1Br. The minimum absolute atomic E-state index is 0.134. The van der Waals surface area contributed by atoms with Gasteiger partial charge in [0.15, 0.2) is 0 Å². The molecule has 2 aromatic heterocycles. The molecule has 0 radical (unpaired) electrons. The van der Waals surface area contributed by atoms with E-state index in [0.717, 1.165) is 10.2 Å². The van der Waals surface area contributed by atoms with E-state index in [1.807, 2.05) is 7.05 Å². The number of hydrogen-bond acceptors (Lipinski definition) is 5. The lowest BCUT2D eigenvalue weighted by atomic mass is 10.1. The second-order valence-corrected chi connectivity index (χ2v) is 4.88. The van der Waals surface area contributed by atoms with Crippen LogP contribution in [-0.2, 0) is 0 Å². The molecule has 1 atom stereocenters. The largest absolute Gasteiger partial charge is 0.308 e. The first-order chi connectivity index (χ1) is 6.83. The molecule has 2 rings (SSSR count). The molecule has 2 heterocycles. The van der Waals surface area contributed by atoms with Crippen molar-refractivity contribution in [3.63, 3.8) is 0 Å². The van der Waals surface area contributed by atoms with Gasteiger partial charge in [-0.2, -0.15) is 20.1 Å². The molecule has 0 aromatic carbocycles. The van der Waals surface area contributed by atoms with Crippen LogP contribution in [0.5, 0.6) is 0 Å². The highest BCUT2D eigenvalue weighted by Crippen LogP contribution is 2.30. The lowest BCUT2D eigenvalue weighted by Crippen LogP contribution is -2.17. The van der Waals surface area contributed by atoms with Crippen LogP contribution in [0, 0.1) is 0 Å². The van der Waals surface area contributed by atoms with E-state index in [2.05, 4.69) is 40.8 Å². The van der Waals surface area contributed by atoms with E-state index in [9.17, 15) is 0 Å². The Hall–Kier alpha value is -0.300. The smallest absolute Gasteiger partial charge is 0.0958 e. The summed E-state index contributed by atoms with van der Waals surface area (Å²) in [6, 6.07) is 0.134. The molecule has 0 spiro atoms. The molecular weight excluding hydrogens is 282 g/mol. The third-order valence-electron chi connectivity index (χ3n) is 1.92. The van der Waals surface area contributed by atoms with Crippen molar-refractivity contribution in [3.8, 4) is 0 Å². The molecule has 0 fully saturated rings. The Balaban J connectivity index is 2.36. The van der Waals surface area contributed by atoms with Gasteiger partial charge in [-0.3, -0.25) is 0 Å². The molecule has 0 aliphatic rings. The molecule has 2 aromatic rings. The summed E-state index contributed by atoms with van der Waals surface area (Å²) in [5.74, 6) is 0. The molecule has 1 N–H and O–H groups in total. The lowest BCUT2D eigenvalue weighted by molar-refractivity contribution is 0.677. The number of rotatable bonds is 3. The van der Waals surface area contributed by atoms with Crippen molar-refractivity contribution >= 4 is 39.0 Å². The molecule has 74 valence electrons. The van der Waals surface area contributed by atoms with Gasteiger partial charge in [0.2, 0.25) is 0 Å². The molecular formula is C8H8BrN3S2. The van der Waals surface area contributed by atoms with Crippen molar-refractivity contribution in [3.05, 3.63) is 32.7 Å². The van der Waals surface area contributed by atoms with Gasteiger partial charge in [0.25, 0.3) is 0 Å². The number of halogens is 1. The molecule has 1 unspecified atom stereocenters. The van der Waals surface area contributed by atoms with E-state index in [-0.39, 0.29) is 6.04 Å². The number of hydrogen-bond donors (Lipinski definition) is 1. The molecule has 3 nitrogen and oxygen atoms in total. The van der Waals surface area contributed by atoms with E-state index in [0.29, 0.717) is 0 Å². The minimum Gasteiger partial charge on any atom is -0.308 e. The zero-order valence-corrected chi connectivity index (χ0v) is 10.6. The monoisotopic (exact) mass is 289 g/mol. The Morgan fingerprint density at radius 3 is 2.86 bits per heavy atom. The third kappa shape index (κ3) is 1.88. The third-order valence-corrected chi connectivity index (χ3v) is 4.16. The number of nitrogens with zero attached hydrogens (tertiary/aromatic N) is 2. The van der Waals surface area contributed by atoms with Crippen molar-refractivity contribution in [1.29, 1.82) is 0 Å². The fourth-order valence-corrected chi connectivity index (χ4v) is 3.26. The Kier molecular flexibility index (Phi) is 3.27. The first-order valence-corrected chi connectivity index (χ1v) is 6.46. The second-order valence-electron chi connectivity index (χ2n) is 2.73. The van der Waals surface area contributed by atoms with E-state index in [1.165, 1.54) is 17.3 Å². The molecule has 0 aliphatic heterocycles. The van der Waals surface area contributed by atoms with Crippen LogP contribution in [0.1, 0.15) is 17.3 Å². The molecule has 0 saturated carbocycles. The van der Waals surface area contributed by atoms with Crippen molar-refractivity contribution < 1.29 is 0 Å². The van der Waals surface area contributed by atoms with Crippen LogP contribution in [0.3, 0.4) is 0 Å². The molecule has 0 amide bonds. The Bertz CT molecular complexity index is 398. The Labute approximate surface area is 98.6 Å². The number of nitrogens with one attached hydrogen (secondary N) is 1. The van der Waals surface area contributed by atoms with E-state index < -0.39 is 0 Å². The fourth-order valence-electron chi connectivity index (χ4n) is 1.26. The molecule has 6 heteroatoms. The van der Waals surface area contributed by atoms with Crippen molar-refractivity contribution in [2.45, 2.75) is 6.04 Å². The van der Waals surface area contributed by atoms with Crippen molar-refractivity contribution in [2.24, 2.45) is 0 Å². The van der Waals surface area contributed by atoms with Crippen LogP contribution >= 0.6 is 39.0 Å². The van der Waals surface area contributed by atoms with Crippen LogP contribution in [0.15, 0.2) is 21.4 Å². The van der Waals surface area contributed by atoms with Gasteiger partial charge in [0.1, 0.15) is 0 Å². The lowest BCUT2D eigenvalue weighted by Gasteiger charge is -2.12. The van der Waals surface area contributed by atoms with Crippen molar-refractivity contribution in [1.82, 2.24) is 14.1 Å². The molecule has 0 saturated heterocycles. The van der Waals surface area contributed by atoms with Crippen molar-refractivity contribution in [2.75, 3.05) is 7.05 Å². The van der Waals surface area contributed by atoms with Gasteiger partial charge in [-0.1, -0.05) is 0 Å². The van der Waals surface area contributed by atoms with E-state index in [1.54, 1.807) is 17.5 Å². The van der Waals surface area contributed by atoms with Gasteiger partial charge in [0, 0.05) is 15.4 Å². The summed E-state index contributed by atoms with van der Waals surface area (Å²) in [6.07, 6.45) is 1.80. The number of thiophene rings is 1. The van der Waals surface area contributed by atoms with Gasteiger partial charge in [-0.15, -0.1) is 0 Å². The first-order valence-electron chi connectivity index (χ1n) is 3.99. The van der Waals surface area contributed by atoms with Gasteiger partial charge in [0.05, 0.1) is 29.7 Å². The van der Waals surface area contributed by atoms with Crippen LogP contribution < -0.4 is 5.32 Å². The second kappa shape index (κ2) is 4.48. The fraction of sp³-hybridized carbons (Fsp3) is 0.250. The van der Waals surface area contributed by atoms with Gasteiger partial charge in [-0.25, -0.2) is 0 Å². The predicted octanol–water partition coefficient (Wildman–Crippen LogP) is 2.67. The summed E-state index contributed by atoms with van der Waals surface area (Å²) in [6.45, 7) is 0. The summed E-state index contributed by atoms with van der Waals surface area (Å²) in [7, 11) is 1.92. The average molecular weight is 290 g/mol. The van der Waals surface area contributed by atoms with E-state index in [4.69, 9.17) is 0 Å². The zero-order chi connectivity index (χ0) is 9.97. The highest BCUT2D eigenvalue weighted by molar-refractivity contribution is 9.10. The minimum atomic E-state index is 0.134. The Morgan fingerprint density at radius 2 is 2.36 bits per heavy atom. The summed E-state index contributed by atoms with van der Waals surface area (Å²) in [4.78, 5) is 0. The van der Waals surface area contributed by atoms with Crippen LogP contribution in [0.4, 0.5) is 0 Å². The molecule has 0 bridgehead atoms. The highest BCUT2D eigenvalue weighted by Gasteiger charge is 2.17. The van der Waals surface area contributed by atoms with Gasteiger partial charge < -0.3 is 5.32 Å². The highest BCUT2D eigenvalue weighted by atomic mass is 79.9. The molecule has 14 heavy (non-hydrogen) atoms. The van der Waals surface area contributed by atoms with Gasteiger partial charge >= 0.3 is 0 Å². The van der Waals surface area contributed by atoms with Gasteiger partial charge in [-0.05, 0) is 28.4 Å².